The number of rotatable bonds is 4. The monoisotopic (exact) mass is 328 g/mol. The third-order valence-corrected chi connectivity index (χ3v) is 5.47. The lowest BCUT2D eigenvalue weighted by atomic mass is 10.2. The quantitative estimate of drug-likeness (QED) is 0.927. The lowest BCUT2D eigenvalue weighted by molar-refractivity contribution is 0.466. The lowest BCUT2D eigenvalue weighted by Gasteiger charge is -2.17. The molecule has 0 atom stereocenters. The second-order valence-corrected chi connectivity index (χ2v) is 7.23. The van der Waals surface area contributed by atoms with Crippen LogP contribution in [0.2, 0.25) is 5.02 Å². The highest BCUT2D eigenvalue weighted by molar-refractivity contribution is 7.89. The Balaban J connectivity index is 2.35. The maximum absolute atomic E-state index is 12.6. The van der Waals surface area contributed by atoms with Crippen molar-refractivity contribution in [1.29, 1.82) is 0 Å². The number of anilines is 1. The van der Waals surface area contributed by atoms with E-state index in [1.54, 1.807) is 32.2 Å². The predicted molar refractivity (Wildman–Crippen MR) is 82.5 cm³/mol. The number of hydrogen-bond donors (Lipinski definition) is 1. The van der Waals surface area contributed by atoms with Crippen LogP contribution in [0.3, 0.4) is 0 Å². The fourth-order valence-corrected chi connectivity index (χ4v) is 3.72. The van der Waals surface area contributed by atoms with Crippen molar-refractivity contribution >= 4 is 27.4 Å². The van der Waals surface area contributed by atoms with Crippen molar-refractivity contribution in [2.75, 3.05) is 12.8 Å². The van der Waals surface area contributed by atoms with E-state index in [2.05, 4.69) is 5.10 Å². The number of benzene rings is 1. The lowest BCUT2D eigenvalue weighted by Crippen LogP contribution is -2.27. The van der Waals surface area contributed by atoms with Crippen LogP contribution in [0.4, 0.5) is 5.82 Å². The summed E-state index contributed by atoms with van der Waals surface area (Å²) in [5.41, 5.74) is 7.03. The van der Waals surface area contributed by atoms with Crippen molar-refractivity contribution in [3.8, 4) is 0 Å². The van der Waals surface area contributed by atoms with Gasteiger partial charge in [-0.3, -0.25) is 4.68 Å². The molecule has 0 saturated heterocycles. The highest BCUT2D eigenvalue weighted by atomic mass is 35.5. The number of nitrogen functional groups attached to an aromatic ring is 1. The van der Waals surface area contributed by atoms with E-state index in [0.717, 1.165) is 5.56 Å². The third kappa shape index (κ3) is 3.04. The Morgan fingerprint density at radius 2 is 2.10 bits per heavy atom. The van der Waals surface area contributed by atoms with Crippen LogP contribution in [0.15, 0.2) is 29.2 Å². The van der Waals surface area contributed by atoms with Gasteiger partial charge in [0.2, 0.25) is 10.0 Å². The molecule has 1 heterocycles. The minimum absolute atomic E-state index is 0.00736. The van der Waals surface area contributed by atoms with Gasteiger partial charge in [-0.25, -0.2) is 8.42 Å². The van der Waals surface area contributed by atoms with Gasteiger partial charge < -0.3 is 5.73 Å². The maximum Gasteiger partial charge on any atom is 0.248 e. The molecule has 6 nitrogen and oxygen atoms in total. The van der Waals surface area contributed by atoms with E-state index in [0.29, 0.717) is 10.7 Å². The molecule has 0 amide bonds. The van der Waals surface area contributed by atoms with Gasteiger partial charge in [-0.2, -0.15) is 9.40 Å². The summed E-state index contributed by atoms with van der Waals surface area (Å²) in [5.74, 6) is 0.00736. The first kappa shape index (κ1) is 15.8. The molecule has 1 aromatic carbocycles. The molecule has 0 unspecified atom stereocenters. The standard InChI is InChI=1S/C13H17ClN4O2S/c1-9-12(13(15)16-18(9)3)21(19,20)17(2)8-10-5-4-6-11(14)7-10/h4-7H,8H2,1-3H3,(H2,15,16). The summed E-state index contributed by atoms with van der Waals surface area (Å²) < 4.78 is 28.0. The van der Waals surface area contributed by atoms with E-state index in [-0.39, 0.29) is 17.3 Å². The van der Waals surface area contributed by atoms with Crippen LogP contribution >= 0.6 is 11.6 Å². The van der Waals surface area contributed by atoms with Gasteiger partial charge in [0.05, 0.1) is 5.69 Å². The zero-order valence-corrected chi connectivity index (χ0v) is 13.6. The number of aryl methyl sites for hydroxylation is 1. The van der Waals surface area contributed by atoms with Gasteiger partial charge in [0, 0.05) is 25.7 Å². The van der Waals surface area contributed by atoms with Gasteiger partial charge in [0.25, 0.3) is 0 Å². The van der Waals surface area contributed by atoms with Gasteiger partial charge >= 0.3 is 0 Å². The molecule has 21 heavy (non-hydrogen) atoms. The van der Waals surface area contributed by atoms with Crippen molar-refractivity contribution in [2.24, 2.45) is 7.05 Å². The van der Waals surface area contributed by atoms with E-state index >= 15 is 0 Å². The summed E-state index contributed by atoms with van der Waals surface area (Å²) in [4.78, 5) is 0.0505. The molecule has 1 aromatic heterocycles. The average molecular weight is 329 g/mol. The number of sulfonamides is 1. The molecule has 0 spiro atoms. The zero-order valence-electron chi connectivity index (χ0n) is 12.0. The minimum Gasteiger partial charge on any atom is -0.381 e. The van der Waals surface area contributed by atoms with E-state index in [9.17, 15) is 8.42 Å². The molecule has 2 rings (SSSR count). The Kier molecular flexibility index (Phi) is 4.27. The Labute approximate surface area is 129 Å². The normalized spacial score (nSPS) is 12.0. The van der Waals surface area contributed by atoms with Crippen molar-refractivity contribution in [3.05, 3.63) is 40.5 Å². The Morgan fingerprint density at radius 1 is 1.43 bits per heavy atom. The van der Waals surface area contributed by atoms with Gasteiger partial charge in [-0.05, 0) is 24.6 Å². The Bertz CT molecular complexity index is 770. The smallest absolute Gasteiger partial charge is 0.248 e. The van der Waals surface area contributed by atoms with E-state index < -0.39 is 10.0 Å². The van der Waals surface area contributed by atoms with Crippen molar-refractivity contribution in [3.63, 3.8) is 0 Å². The fourth-order valence-electron chi connectivity index (χ4n) is 2.07. The second-order valence-electron chi connectivity index (χ2n) is 4.81. The highest BCUT2D eigenvalue weighted by Gasteiger charge is 2.28. The topological polar surface area (TPSA) is 81.2 Å². The molecule has 114 valence electrons. The van der Waals surface area contributed by atoms with Crippen LogP contribution in [0.1, 0.15) is 11.3 Å². The largest absolute Gasteiger partial charge is 0.381 e. The van der Waals surface area contributed by atoms with Crippen LogP contribution < -0.4 is 5.73 Å². The number of nitrogens with zero attached hydrogens (tertiary/aromatic N) is 3. The average Bonchev–Trinajstić information content (AvgIpc) is 2.63. The molecule has 0 aliphatic heterocycles. The number of hydrogen-bond acceptors (Lipinski definition) is 4. The summed E-state index contributed by atoms with van der Waals surface area (Å²) in [7, 11) is -0.552. The maximum atomic E-state index is 12.6. The van der Waals surface area contributed by atoms with E-state index in [1.165, 1.54) is 16.0 Å². The van der Waals surface area contributed by atoms with E-state index in [1.807, 2.05) is 6.07 Å². The molecular formula is C13H17ClN4O2S. The molecule has 2 N–H and O–H groups in total. The zero-order chi connectivity index (χ0) is 15.8. The first-order chi connectivity index (χ1) is 9.73. The SMILES string of the molecule is Cc1c(S(=O)(=O)N(C)Cc2cccc(Cl)c2)c(N)nn1C. The van der Waals surface area contributed by atoms with Crippen LogP contribution in [0, 0.1) is 6.92 Å². The van der Waals surface area contributed by atoms with Crippen LogP contribution in [-0.4, -0.2) is 29.6 Å². The molecule has 0 radical (unpaired) electrons. The summed E-state index contributed by atoms with van der Waals surface area (Å²) in [6, 6.07) is 7.06. The Hall–Kier alpha value is -1.57. The van der Waals surface area contributed by atoms with Crippen molar-refractivity contribution in [2.45, 2.75) is 18.4 Å². The molecular weight excluding hydrogens is 312 g/mol. The van der Waals surface area contributed by atoms with Crippen molar-refractivity contribution < 1.29 is 8.42 Å². The van der Waals surface area contributed by atoms with Crippen LogP contribution in [0.25, 0.3) is 0 Å². The molecule has 0 saturated carbocycles. The number of nitrogens with two attached hydrogens (primary N) is 1. The summed E-state index contributed by atoms with van der Waals surface area (Å²) >= 11 is 5.91. The van der Waals surface area contributed by atoms with E-state index in [4.69, 9.17) is 17.3 Å². The molecule has 2 aromatic rings. The van der Waals surface area contributed by atoms with Gasteiger partial charge in [-0.1, -0.05) is 23.7 Å². The van der Waals surface area contributed by atoms with Gasteiger partial charge in [0.15, 0.2) is 5.82 Å². The molecule has 0 aliphatic rings. The first-order valence-corrected chi connectivity index (χ1v) is 8.05. The Morgan fingerprint density at radius 3 is 2.62 bits per heavy atom. The summed E-state index contributed by atoms with van der Waals surface area (Å²) in [6.07, 6.45) is 0. The minimum atomic E-state index is -3.71. The fraction of sp³-hybridized carbons (Fsp3) is 0.308. The third-order valence-electron chi connectivity index (χ3n) is 3.27. The molecule has 8 heteroatoms. The number of halogens is 1. The molecule has 0 aliphatic carbocycles. The predicted octanol–water partition coefficient (Wildman–Crippen LogP) is 1.78. The van der Waals surface area contributed by atoms with Crippen LogP contribution in [0.5, 0.6) is 0 Å². The van der Waals surface area contributed by atoms with Crippen LogP contribution in [-0.2, 0) is 23.6 Å². The summed E-state index contributed by atoms with van der Waals surface area (Å²) in [5, 5.41) is 4.51. The van der Waals surface area contributed by atoms with Gasteiger partial charge in [0.1, 0.15) is 4.90 Å². The molecule has 0 bridgehead atoms. The molecule has 0 fully saturated rings. The van der Waals surface area contributed by atoms with Gasteiger partial charge in [-0.15, -0.1) is 0 Å². The van der Waals surface area contributed by atoms with Crippen molar-refractivity contribution in [1.82, 2.24) is 14.1 Å². The first-order valence-electron chi connectivity index (χ1n) is 6.23. The summed E-state index contributed by atoms with van der Waals surface area (Å²) in [6.45, 7) is 1.88. The second kappa shape index (κ2) is 5.67. The number of aromatic nitrogens is 2. The highest BCUT2D eigenvalue weighted by Crippen LogP contribution is 2.25.